The summed E-state index contributed by atoms with van der Waals surface area (Å²) in [6.45, 7) is 2.08. The molecule has 0 atom stereocenters. The second-order valence-corrected chi connectivity index (χ2v) is 12.0. The van der Waals surface area contributed by atoms with Gasteiger partial charge in [-0.3, -0.25) is 9.97 Å². The van der Waals surface area contributed by atoms with Gasteiger partial charge in [-0.1, -0.05) is 97.1 Å². The van der Waals surface area contributed by atoms with Crippen molar-refractivity contribution in [2.24, 2.45) is 0 Å². The van der Waals surface area contributed by atoms with E-state index in [1.54, 1.807) is 0 Å². The molecule has 3 heteroatoms. The lowest BCUT2D eigenvalue weighted by Crippen LogP contribution is -1.95. The van der Waals surface area contributed by atoms with Crippen molar-refractivity contribution in [3.05, 3.63) is 164 Å². The molecule has 6 aromatic carbocycles. The molecule has 0 aliphatic carbocycles. The summed E-state index contributed by atoms with van der Waals surface area (Å²) < 4.78 is 2.42. The molecule has 216 valence electrons. The van der Waals surface area contributed by atoms with E-state index in [0.29, 0.717) is 0 Å². The number of pyridine rings is 2. The second kappa shape index (κ2) is 10.5. The minimum absolute atomic E-state index is 0.938. The lowest BCUT2D eigenvalue weighted by molar-refractivity contribution is 1.19. The molecule has 0 aliphatic heterocycles. The highest BCUT2D eigenvalue weighted by molar-refractivity contribution is 6.19. The summed E-state index contributed by atoms with van der Waals surface area (Å²) in [6.07, 6.45) is 3.78. The number of nitrogens with zero attached hydrogens (tertiary/aromatic N) is 3. The number of aromatic nitrogens is 3. The fourth-order valence-corrected chi connectivity index (χ4v) is 6.90. The molecule has 0 spiro atoms. The van der Waals surface area contributed by atoms with E-state index in [1.807, 2.05) is 18.5 Å². The Balaban J connectivity index is 1.23. The van der Waals surface area contributed by atoms with Crippen LogP contribution < -0.4 is 0 Å². The maximum absolute atomic E-state index is 4.88. The van der Waals surface area contributed by atoms with Crippen molar-refractivity contribution in [2.45, 2.75) is 6.92 Å². The van der Waals surface area contributed by atoms with Crippen molar-refractivity contribution in [2.75, 3.05) is 0 Å². The Morgan fingerprint density at radius 3 is 2.13 bits per heavy atom. The van der Waals surface area contributed by atoms with Crippen LogP contribution >= 0.6 is 0 Å². The molecule has 0 aliphatic rings. The molecular formula is C43H29N3. The van der Waals surface area contributed by atoms with Gasteiger partial charge in [0.2, 0.25) is 0 Å². The third-order valence-corrected chi connectivity index (χ3v) is 9.13. The summed E-state index contributed by atoms with van der Waals surface area (Å²) in [6, 6.07) is 52.4. The number of aryl methyl sites for hydroxylation is 1. The zero-order valence-electron chi connectivity index (χ0n) is 25.4. The third kappa shape index (κ3) is 4.28. The van der Waals surface area contributed by atoms with Gasteiger partial charge in [-0.15, -0.1) is 0 Å². The van der Waals surface area contributed by atoms with Crippen LogP contribution in [-0.4, -0.2) is 14.5 Å². The molecule has 3 aromatic heterocycles. The van der Waals surface area contributed by atoms with Gasteiger partial charge in [0.15, 0.2) is 0 Å². The summed E-state index contributed by atoms with van der Waals surface area (Å²) in [7, 11) is 0. The van der Waals surface area contributed by atoms with Crippen molar-refractivity contribution in [3.63, 3.8) is 0 Å². The molecule has 0 amide bonds. The van der Waals surface area contributed by atoms with E-state index in [-0.39, 0.29) is 0 Å². The normalized spacial score (nSPS) is 11.6. The number of hydrogen-bond acceptors (Lipinski definition) is 2. The predicted octanol–water partition coefficient (Wildman–Crippen LogP) is 11.2. The monoisotopic (exact) mass is 587 g/mol. The molecule has 0 bridgehead atoms. The molecule has 9 aromatic rings. The second-order valence-electron chi connectivity index (χ2n) is 12.0. The van der Waals surface area contributed by atoms with Gasteiger partial charge in [0, 0.05) is 45.4 Å². The van der Waals surface area contributed by atoms with Gasteiger partial charge in [0.05, 0.1) is 22.4 Å². The number of rotatable bonds is 4. The predicted molar refractivity (Wildman–Crippen MR) is 192 cm³/mol. The van der Waals surface area contributed by atoms with Gasteiger partial charge >= 0.3 is 0 Å². The summed E-state index contributed by atoms with van der Waals surface area (Å²) in [4.78, 5) is 9.42. The van der Waals surface area contributed by atoms with Gasteiger partial charge in [-0.05, 0) is 88.3 Å². The van der Waals surface area contributed by atoms with Gasteiger partial charge in [-0.25, -0.2) is 0 Å². The van der Waals surface area contributed by atoms with Gasteiger partial charge < -0.3 is 4.57 Å². The maximum Gasteiger partial charge on any atom is 0.0720 e. The molecule has 0 N–H and O–H groups in total. The van der Waals surface area contributed by atoms with E-state index in [0.717, 1.165) is 33.7 Å². The molecule has 9 rings (SSSR count). The fraction of sp³-hybridized carbons (Fsp3) is 0.0233. The summed E-state index contributed by atoms with van der Waals surface area (Å²) in [5, 5.41) is 7.45. The molecule has 0 saturated carbocycles. The third-order valence-electron chi connectivity index (χ3n) is 9.13. The van der Waals surface area contributed by atoms with Gasteiger partial charge in [-0.2, -0.15) is 0 Å². The Morgan fingerprint density at radius 1 is 0.478 bits per heavy atom. The van der Waals surface area contributed by atoms with Crippen LogP contribution in [0.1, 0.15) is 5.56 Å². The van der Waals surface area contributed by atoms with Crippen LogP contribution in [0.2, 0.25) is 0 Å². The largest absolute Gasteiger partial charge is 0.309 e. The molecule has 3 heterocycles. The van der Waals surface area contributed by atoms with Gasteiger partial charge in [0.25, 0.3) is 0 Å². The van der Waals surface area contributed by atoms with Crippen LogP contribution in [0.5, 0.6) is 0 Å². The highest BCUT2D eigenvalue weighted by Crippen LogP contribution is 2.40. The first-order valence-electron chi connectivity index (χ1n) is 15.7. The lowest BCUT2D eigenvalue weighted by atomic mass is 9.95. The Labute approximate surface area is 267 Å². The number of fused-ring (bicyclic) bond motifs is 6. The van der Waals surface area contributed by atoms with E-state index in [1.165, 1.54) is 54.5 Å². The zero-order chi connectivity index (χ0) is 30.6. The Kier molecular flexibility index (Phi) is 6.04. The smallest absolute Gasteiger partial charge is 0.0720 e. The van der Waals surface area contributed by atoms with E-state index in [4.69, 9.17) is 4.98 Å². The zero-order valence-corrected chi connectivity index (χ0v) is 25.4. The number of benzene rings is 6. The first kappa shape index (κ1) is 26.4. The number of hydrogen-bond donors (Lipinski definition) is 0. The Hall–Kier alpha value is -6.06. The minimum Gasteiger partial charge on any atom is -0.309 e. The van der Waals surface area contributed by atoms with E-state index in [2.05, 4.69) is 156 Å². The first-order valence-corrected chi connectivity index (χ1v) is 15.7. The molecular weight excluding hydrogens is 558 g/mol. The molecule has 0 radical (unpaired) electrons. The molecule has 0 saturated heterocycles. The topological polar surface area (TPSA) is 30.7 Å². The van der Waals surface area contributed by atoms with Gasteiger partial charge in [0.1, 0.15) is 0 Å². The quantitative estimate of drug-likeness (QED) is 0.205. The lowest BCUT2D eigenvalue weighted by Gasteiger charge is -2.12. The fourth-order valence-electron chi connectivity index (χ4n) is 6.90. The standard InChI is InChI=1S/C43H29N3/c1-28-22-23-44-41(24-28)33-17-21-40(45-27-33)32-16-19-38-39-20-15-31-25-30(36-13-7-9-29-8-5-6-12-35(29)36)14-18-37(31)43(39)46(42(38)26-32)34-10-3-2-4-11-34/h2-27H,1H3. The van der Waals surface area contributed by atoms with Crippen LogP contribution in [0, 0.1) is 6.92 Å². The molecule has 0 unspecified atom stereocenters. The molecule has 0 fully saturated rings. The van der Waals surface area contributed by atoms with Crippen LogP contribution in [0.4, 0.5) is 0 Å². The SMILES string of the molecule is Cc1ccnc(-c2ccc(-c3ccc4c5ccc6cc(-c7cccc8ccccc78)ccc6c5n(-c5ccccc5)c4c3)nc2)c1. The van der Waals surface area contributed by atoms with E-state index >= 15 is 0 Å². The van der Waals surface area contributed by atoms with Crippen molar-refractivity contribution >= 4 is 43.4 Å². The van der Waals surface area contributed by atoms with E-state index in [9.17, 15) is 0 Å². The van der Waals surface area contributed by atoms with Crippen molar-refractivity contribution < 1.29 is 0 Å². The highest BCUT2D eigenvalue weighted by Gasteiger charge is 2.17. The van der Waals surface area contributed by atoms with Crippen molar-refractivity contribution in [1.82, 2.24) is 14.5 Å². The summed E-state index contributed by atoms with van der Waals surface area (Å²) >= 11 is 0. The Morgan fingerprint density at radius 2 is 1.26 bits per heavy atom. The van der Waals surface area contributed by atoms with Crippen molar-refractivity contribution in [1.29, 1.82) is 0 Å². The summed E-state index contributed by atoms with van der Waals surface area (Å²) in [5.41, 5.74) is 11.2. The minimum atomic E-state index is 0.938. The highest BCUT2D eigenvalue weighted by atomic mass is 15.0. The van der Waals surface area contributed by atoms with E-state index < -0.39 is 0 Å². The Bertz CT molecular complexity index is 2570. The van der Waals surface area contributed by atoms with Crippen molar-refractivity contribution in [3.8, 4) is 39.3 Å². The summed E-state index contributed by atoms with van der Waals surface area (Å²) in [5.74, 6) is 0. The van der Waals surface area contributed by atoms with Crippen LogP contribution in [-0.2, 0) is 0 Å². The first-order chi connectivity index (χ1) is 22.7. The average molecular weight is 588 g/mol. The average Bonchev–Trinajstić information content (AvgIpc) is 3.45. The molecule has 3 nitrogen and oxygen atoms in total. The number of para-hydroxylation sites is 1. The van der Waals surface area contributed by atoms with Crippen LogP contribution in [0.3, 0.4) is 0 Å². The van der Waals surface area contributed by atoms with Crippen LogP contribution in [0.25, 0.3) is 82.7 Å². The maximum atomic E-state index is 4.88. The molecule has 46 heavy (non-hydrogen) atoms. The van der Waals surface area contributed by atoms with Crippen LogP contribution in [0.15, 0.2) is 158 Å².